The minimum absolute atomic E-state index is 0.254. The van der Waals surface area contributed by atoms with Gasteiger partial charge in [-0.05, 0) is 35.6 Å². The molecule has 2 heterocycles. The van der Waals surface area contributed by atoms with E-state index in [0.717, 1.165) is 54.7 Å². The highest BCUT2D eigenvalue weighted by molar-refractivity contribution is 5.92. The molecule has 0 aliphatic carbocycles. The highest BCUT2D eigenvalue weighted by Gasteiger charge is 2.37. The topological polar surface area (TPSA) is 12.5 Å². The number of ether oxygens (including phenoxy) is 1. The van der Waals surface area contributed by atoms with Gasteiger partial charge in [0.2, 0.25) is 0 Å². The van der Waals surface area contributed by atoms with Gasteiger partial charge in [-0.3, -0.25) is 0 Å². The maximum absolute atomic E-state index is 13.4. The molecule has 5 rings (SSSR count). The van der Waals surface area contributed by atoms with Gasteiger partial charge in [0.15, 0.2) is 11.6 Å². The monoisotopic (exact) mass is 391 g/mol. The molecule has 148 valence electrons. The molecule has 0 N–H and O–H groups in total. The van der Waals surface area contributed by atoms with E-state index in [1.807, 2.05) is 0 Å². The Bertz CT molecular complexity index is 1080. The van der Waals surface area contributed by atoms with Crippen molar-refractivity contribution in [3.63, 3.8) is 0 Å². The Morgan fingerprint density at radius 3 is 2.59 bits per heavy atom. The second-order valence-corrected chi connectivity index (χ2v) is 8.05. The summed E-state index contributed by atoms with van der Waals surface area (Å²) in [5.41, 5.74) is 1.71. The summed E-state index contributed by atoms with van der Waals surface area (Å²) >= 11 is 0. The number of hydrogen-bond donors (Lipinski definition) is 0. The van der Waals surface area contributed by atoms with E-state index in [9.17, 15) is 8.78 Å². The summed E-state index contributed by atoms with van der Waals surface area (Å²) in [4.78, 5) is 2.38. The van der Waals surface area contributed by atoms with Crippen molar-refractivity contribution in [3.8, 4) is 5.75 Å². The van der Waals surface area contributed by atoms with Gasteiger partial charge in [-0.1, -0.05) is 48.5 Å². The van der Waals surface area contributed by atoms with Crippen LogP contribution in [-0.4, -0.2) is 30.1 Å². The van der Waals surface area contributed by atoms with E-state index in [1.54, 1.807) is 6.07 Å². The molecule has 0 saturated carbocycles. The fourth-order valence-electron chi connectivity index (χ4n) is 4.39. The average Bonchev–Trinajstić information content (AvgIpc) is 2.76. The standard InChI is InChI=1S/C25H23F2NO/c26-22-8-5-18(17-23(22)27)10-14-28-15-12-25(13-16-28)11-9-20-7-6-19-3-1-2-4-21(19)24(20)29-25/h1-9,11,17H,10,12-16H2. The molecule has 0 aromatic heterocycles. The molecule has 0 radical (unpaired) electrons. The maximum Gasteiger partial charge on any atom is 0.159 e. The van der Waals surface area contributed by atoms with Crippen LogP contribution in [0, 0.1) is 11.6 Å². The van der Waals surface area contributed by atoms with Crippen molar-refractivity contribution in [1.29, 1.82) is 0 Å². The molecular formula is C25H23F2NO. The van der Waals surface area contributed by atoms with Crippen LogP contribution in [-0.2, 0) is 6.42 Å². The maximum atomic E-state index is 13.4. The Labute approximate surface area is 169 Å². The molecule has 1 spiro atoms. The third kappa shape index (κ3) is 3.53. The van der Waals surface area contributed by atoms with Crippen molar-refractivity contribution < 1.29 is 13.5 Å². The van der Waals surface area contributed by atoms with E-state index >= 15 is 0 Å². The van der Waals surface area contributed by atoms with Crippen LogP contribution in [0.3, 0.4) is 0 Å². The third-order valence-electron chi connectivity index (χ3n) is 6.19. The number of hydrogen-bond acceptors (Lipinski definition) is 2. The number of halogens is 2. The van der Waals surface area contributed by atoms with Crippen LogP contribution in [0.1, 0.15) is 24.0 Å². The largest absolute Gasteiger partial charge is 0.482 e. The first-order valence-electron chi connectivity index (χ1n) is 10.2. The van der Waals surface area contributed by atoms with Gasteiger partial charge in [0, 0.05) is 43.4 Å². The number of nitrogens with zero attached hydrogens (tertiary/aromatic N) is 1. The quantitative estimate of drug-likeness (QED) is 0.576. The first-order chi connectivity index (χ1) is 14.1. The zero-order valence-corrected chi connectivity index (χ0v) is 16.2. The fourth-order valence-corrected chi connectivity index (χ4v) is 4.39. The van der Waals surface area contributed by atoms with E-state index in [0.29, 0.717) is 6.42 Å². The fraction of sp³-hybridized carbons (Fsp3) is 0.280. The molecule has 4 heteroatoms. The number of piperidine rings is 1. The van der Waals surface area contributed by atoms with Gasteiger partial charge < -0.3 is 9.64 Å². The molecule has 0 unspecified atom stereocenters. The van der Waals surface area contributed by atoms with Crippen molar-refractivity contribution in [2.24, 2.45) is 0 Å². The molecule has 0 bridgehead atoms. The second-order valence-electron chi connectivity index (χ2n) is 8.05. The molecular weight excluding hydrogens is 368 g/mol. The summed E-state index contributed by atoms with van der Waals surface area (Å²) in [6.45, 7) is 2.69. The lowest BCUT2D eigenvalue weighted by molar-refractivity contribution is 0.0404. The average molecular weight is 391 g/mol. The number of fused-ring (bicyclic) bond motifs is 3. The van der Waals surface area contributed by atoms with Gasteiger partial charge in [-0.25, -0.2) is 8.78 Å². The van der Waals surface area contributed by atoms with Crippen molar-refractivity contribution in [1.82, 2.24) is 4.90 Å². The van der Waals surface area contributed by atoms with Crippen molar-refractivity contribution in [3.05, 3.63) is 83.4 Å². The molecule has 2 nitrogen and oxygen atoms in total. The Morgan fingerprint density at radius 1 is 0.931 bits per heavy atom. The molecule has 29 heavy (non-hydrogen) atoms. The minimum atomic E-state index is -0.789. The van der Waals surface area contributed by atoms with E-state index in [-0.39, 0.29) is 5.60 Å². The minimum Gasteiger partial charge on any atom is -0.482 e. The summed E-state index contributed by atoms with van der Waals surface area (Å²) in [7, 11) is 0. The first kappa shape index (κ1) is 18.3. The summed E-state index contributed by atoms with van der Waals surface area (Å²) in [6, 6.07) is 16.8. The normalized spacial score (nSPS) is 18.0. The molecule has 1 fully saturated rings. The summed E-state index contributed by atoms with van der Waals surface area (Å²) in [5, 5.41) is 2.36. The first-order valence-corrected chi connectivity index (χ1v) is 10.2. The lowest BCUT2D eigenvalue weighted by Gasteiger charge is -2.42. The van der Waals surface area contributed by atoms with Gasteiger partial charge in [-0.2, -0.15) is 0 Å². The number of benzene rings is 3. The number of rotatable bonds is 3. The lowest BCUT2D eigenvalue weighted by Crippen LogP contribution is -2.48. The van der Waals surface area contributed by atoms with Crippen LogP contribution in [0.4, 0.5) is 8.78 Å². The second kappa shape index (κ2) is 7.27. The Hall–Kier alpha value is -2.72. The summed E-state index contributed by atoms with van der Waals surface area (Å²) in [5.74, 6) is -0.574. The van der Waals surface area contributed by atoms with Crippen LogP contribution in [0.5, 0.6) is 5.75 Å². The number of likely N-dealkylation sites (tertiary alicyclic amines) is 1. The third-order valence-corrected chi connectivity index (χ3v) is 6.19. The summed E-state index contributed by atoms with van der Waals surface area (Å²) < 4.78 is 33.1. The van der Waals surface area contributed by atoms with Crippen LogP contribution in [0.15, 0.2) is 60.7 Å². The molecule has 3 aromatic rings. The van der Waals surface area contributed by atoms with Gasteiger partial charge >= 0.3 is 0 Å². The molecule has 0 atom stereocenters. The van der Waals surface area contributed by atoms with Gasteiger partial charge in [0.1, 0.15) is 11.4 Å². The van der Waals surface area contributed by atoms with Crippen molar-refractivity contribution in [2.45, 2.75) is 24.9 Å². The van der Waals surface area contributed by atoms with Crippen molar-refractivity contribution in [2.75, 3.05) is 19.6 Å². The molecule has 0 amide bonds. The van der Waals surface area contributed by atoms with Crippen LogP contribution in [0.25, 0.3) is 16.8 Å². The zero-order valence-electron chi connectivity index (χ0n) is 16.2. The highest BCUT2D eigenvalue weighted by atomic mass is 19.2. The van der Waals surface area contributed by atoms with E-state index < -0.39 is 11.6 Å². The van der Waals surface area contributed by atoms with Crippen LogP contribution < -0.4 is 4.74 Å². The summed E-state index contributed by atoms with van der Waals surface area (Å²) in [6.07, 6.45) is 6.97. The molecule has 1 saturated heterocycles. The van der Waals surface area contributed by atoms with Gasteiger partial charge in [-0.15, -0.1) is 0 Å². The predicted octanol–water partition coefficient (Wildman–Crippen LogP) is 5.60. The van der Waals surface area contributed by atoms with Crippen molar-refractivity contribution >= 4 is 16.8 Å². The van der Waals surface area contributed by atoms with Crippen LogP contribution >= 0.6 is 0 Å². The van der Waals surface area contributed by atoms with E-state index in [1.165, 1.54) is 17.5 Å². The van der Waals surface area contributed by atoms with Gasteiger partial charge in [0.05, 0.1) is 0 Å². The zero-order chi connectivity index (χ0) is 19.8. The highest BCUT2D eigenvalue weighted by Crippen LogP contribution is 2.41. The van der Waals surface area contributed by atoms with E-state index in [2.05, 4.69) is 53.5 Å². The molecule has 2 aliphatic rings. The SMILES string of the molecule is Fc1ccc(CCN2CCC3(C=Cc4ccc5ccccc5c4O3)CC2)cc1F. The van der Waals surface area contributed by atoms with Crippen LogP contribution in [0.2, 0.25) is 0 Å². The van der Waals surface area contributed by atoms with Gasteiger partial charge in [0.25, 0.3) is 0 Å². The Kier molecular flexibility index (Phi) is 4.59. The molecule has 2 aliphatic heterocycles. The predicted molar refractivity (Wildman–Crippen MR) is 112 cm³/mol. The Morgan fingerprint density at radius 2 is 1.76 bits per heavy atom. The Balaban J connectivity index is 1.26. The smallest absolute Gasteiger partial charge is 0.159 e. The van der Waals surface area contributed by atoms with E-state index in [4.69, 9.17) is 4.74 Å². The molecule has 3 aromatic carbocycles. The lowest BCUT2D eigenvalue weighted by atomic mass is 9.87.